The lowest BCUT2D eigenvalue weighted by atomic mass is 9.56. The Morgan fingerprint density at radius 1 is 0.373 bits per heavy atom. The molecule has 0 amide bonds. The minimum atomic E-state index is -3.53. The first-order valence-electron chi connectivity index (χ1n) is 28.0. The molecular weight excluding hydrogens is 845 g/mol. The van der Waals surface area contributed by atoms with Crippen molar-refractivity contribution in [3.8, 4) is 0 Å². The molecule has 0 aliphatic heterocycles. The van der Waals surface area contributed by atoms with Gasteiger partial charge in [-0.1, -0.05) is 255 Å². The fraction of sp³-hybridized carbons (Fsp3) is 0.947. The van der Waals surface area contributed by atoms with Crippen LogP contribution in [0.25, 0.3) is 0 Å². The average Bonchev–Trinajstić information content (AvgIpc) is 3.26. The van der Waals surface area contributed by atoms with E-state index < -0.39 is 88.7 Å². The van der Waals surface area contributed by atoms with Crippen LogP contribution in [-0.2, 0) is 14.4 Å². The van der Waals surface area contributed by atoms with Gasteiger partial charge in [0.25, 0.3) is 0 Å². The van der Waals surface area contributed by atoms with Crippen molar-refractivity contribution in [2.75, 3.05) is 0 Å². The molecule has 67 heavy (non-hydrogen) atoms. The molecule has 0 aliphatic carbocycles. The molecule has 0 saturated carbocycles. The van der Waals surface area contributed by atoms with Gasteiger partial charge in [0.2, 0.25) is 0 Å². The first-order valence-corrected chi connectivity index (χ1v) is 28.0. The Morgan fingerprint density at radius 2 is 0.612 bits per heavy atom. The first-order chi connectivity index (χ1) is 31.5. The SMILES string of the molecule is CCCCCCCCCCCCC(C)(C)C(O)CC(C(=O)O)C(O)(C(=O)O)C(CC(O)C(C)(C)CCCCCCCCCCCC)(CC(O)C(C)(C)CCCCCCCCCCCC)C(=O)O. The largest absolute Gasteiger partial charge is 0.481 e. The molecule has 0 heterocycles. The minimum absolute atomic E-state index is 0.493. The fourth-order valence-corrected chi connectivity index (χ4v) is 10.3. The maximum absolute atomic E-state index is 14.0. The highest BCUT2D eigenvalue weighted by Crippen LogP contribution is 2.52. The molecule has 0 aromatic heterocycles. The van der Waals surface area contributed by atoms with Crippen LogP contribution in [0.2, 0.25) is 0 Å². The molecule has 0 rings (SSSR count). The summed E-state index contributed by atoms with van der Waals surface area (Å²) >= 11 is 0. The lowest BCUT2D eigenvalue weighted by molar-refractivity contribution is -0.219. The number of carboxylic acid groups (broad SMARTS) is 3. The Bertz CT molecular complexity index is 1240. The van der Waals surface area contributed by atoms with Crippen LogP contribution in [0.5, 0.6) is 0 Å². The van der Waals surface area contributed by atoms with Crippen molar-refractivity contribution < 1.29 is 50.1 Å². The van der Waals surface area contributed by atoms with Crippen molar-refractivity contribution in [3.05, 3.63) is 0 Å². The topological polar surface area (TPSA) is 193 Å². The monoisotopic (exact) mass is 955 g/mol. The molecule has 0 fully saturated rings. The van der Waals surface area contributed by atoms with E-state index in [1.165, 1.54) is 116 Å². The third kappa shape index (κ3) is 24.8. The molecule has 398 valence electrons. The second kappa shape index (κ2) is 35.4. The average molecular weight is 955 g/mol. The number of aliphatic hydroxyl groups is 4. The van der Waals surface area contributed by atoms with Crippen molar-refractivity contribution in [2.24, 2.45) is 27.6 Å². The van der Waals surface area contributed by atoms with Gasteiger partial charge in [-0.25, -0.2) is 4.79 Å². The normalized spacial score (nSPS) is 16.3. The zero-order valence-electron chi connectivity index (χ0n) is 45.1. The Balaban J connectivity index is 6.55. The highest BCUT2D eigenvalue weighted by molar-refractivity contribution is 5.93. The van der Waals surface area contributed by atoms with E-state index in [4.69, 9.17) is 0 Å². The van der Waals surface area contributed by atoms with Crippen LogP contribution in [0.4, 0.5) is 0 Å². The van der Waals surface area contributed by atoms with E-state index >= 15 is 0 Å². The van der Waals surface area contributed by atoms with Crippen molar-refractivity contribution in [3.63, 3.8) is 0 Å². The highest BCUT2D eigenvalue weighted by Gasteiger charge is 2.68. The number of rotatable bonds is 47. The smallest absolute Gasteiger partial charge is 0.337 e. The Labute approximate surface area is 411 Å². The summed E-state index contributed by atoms with van der Waals surface area (Å²) < 4.78 is 0. The van der Waals surface area contributed by atoms with Gasteiger partial charge in [-0.2, -0.15) is 0 Å². The maximum atomic E-state index is 14.0. The summed E-state index contributed by atoms with van der Waals surface area (Å²) in [7, 11) is 0. The van der Waals surface area contributed by atoms with E-state index in [-0.39, 0.29) is 0 Å². The number of hydrogen-bond acceptors (Lipinski definition) is 7. The Kier molecular flexibility index (Phi) is 34.4. The van der Waals surface area contributed by atoms with Crippen LogP contribution in [0, 0.1) is 27.6 Å². The lowest BCUT2D eigenvalue weighted by Crippen LogP contribution is -2.67. The molecule has 0 spiro atoms. The second-order valence-electron chi connectivity index (χ2n) is 23.3. The molecule has 0 saturated heterocycles. The van der Waals surface area contributed by atoms with Gasteiger partial charge >= 0.3 is 17.9 Å². The van der Waals surface area contributed by atoms with Crippen molar-refractivity contribution >= 4 is 17.9 Å². The van der Waals surface area contributed by atoms with Crippen LogP contribution < -0.4 is 0 Å². The van der Waals surface area contributed by atoms with E-state index in [1.54, 1.807) is 41.5 Å². The van der Waals surface area contributed by atoms with Gasteiger partial charge in [-0.15, -0.1) is 0 Å². The fourth-order valence-electron chi connectivity index (χ4n) is 10.3. The summed E-state index contributed by atoms with van der Waals surface area (Å²) in [6, 6.07) is 0. The van der Waals surface area contributed by atoms with Gasteiger partial charge in [0.05, 0.1) is 24.2 Å². The van der Waals surface area contributed by atoms with Crippen molar-refractivity contribution in [1.82, 2.24) is 0 Å². The summed E-state index contributed by atoms with van der Waals surface area (Å²) in [5.74, 6) is -7.91. The van der Waals surface area contributed by atoms with E-state index in [9.17, 15) is 50.1 Å². The second-order valence-corrected chi connectivity index (χ2v) is 23.3. The number of aliphatic hydroxyl groups excluding tert-OH is 3. The minimum Gasteiger partial charge on any atom is -0.481 e. The third-order valence-corrected chi connectivity index (χ3v) is 16.0. The van der Waals surface area contributed by atoms with Crippen LogP contribution in [-0.4, -0.2) is 77.6 Å². The summed E-state index contributed by atoms with van der Waals surface area (Å²) in [6.45, 7) is 17.3. The number of carboxylic acids is 3. The molecule has 5 atom stereocenters. The first kappa shape index (κ1) is 65.2. The zero-order chi connectivity index (χ0) is 51.0. The van der Waals surface area contributed by atoms with Crippen LogP contribution in [0.1, 0.15) is 293 Å². The number of hydrogen-bond donors (Lipinski definition) is 7. The summed E-state index contributed by atoms with van der Waals surface area (Å²) in [6.07, 6.45) is 28.3. The van der Waals surface area contributed by atoms with E-state index in [2.05, 4.69) is 20.8 Å². The predicted molar refractivity (Wildman–Crippen MR) is 276 cm³/mol. The Hall–Kier alpha value is -1.75. The quantitative estimate of drug-likeness (QED) is 0.0289. The summed E-state index contributed by atoms with van der Waals surface area (Å²) in [5.41, 5.74) is -9.14. The number of carbonyl (C=O) groups is 3. The molecule has 5 unspecified atom stereocenters. The molecule has 0 aliphatic rings. The van der Waals surface area contributed by atoms with Gasteiger partial charge in [0, 0.05) is 0 Å². The van der Waals surface area contributed by atoms with Gasteiger partial charge < -0.3 is 35.7 Å². The van der Waals surface area contributed by atoms with Gasteiger partial charge in [0.1, 0.15) is 5.41 Å². The third-order valence-electron chi connectivity index (χ3n) is 16.0. The molecular formula is C57H110O10. The molecule has 0 radical (unpaired) electrons. The lowest BCUT2D eigenvalue weighted by Gasteiger charge is -2.49. The van der Waals surface area contributed by atoms with Crippen LogP contribution >= 0.6 is 0 Å². The van der Waals surface area contributed by atoms with Gasteiger partial charge in [-0.3, -0.25) is 9.59 Å². The number of unbranched alkanes of at least 4 members (excludes halogenated alkanes) is 27. The van der Waals surface area contributed by atoms with Gasteiger partial charge in [0.15, 0.2) is 5.60 Å². The molecule has 7 N–H and O–H groups in total. The molecule has 0 aromatic rings. The van der Waals surface area contributed by atoms with E-state index in [0.29, 0.717) is 19.3 Å². The van der Waals surface area contributed by atoms with E-state index in [1.807, 2.05) is 0 Å². The molecule has 10 heteroatoms. The van der Waals surface area contributed by atoms with Crippen molar-refractivity contribution in [2.45, 2.75) is 317 Å². The van der Waals surface area contributed by atoms with Crippen molar-refractivity contribution in [1.29, 1.82) is 0 Å². The van der Waals surface area contributed by atoms with E-state index in [0.717, 1.165) is 77.0 Å². The maximum Gasteiger partial charge on any atom is 0.337 e. The van der Waals surface area contributed by atoms with Gasteiger partial charge in [-0.05, 0) is 54.8 Å². The Morgan fingerprint density at radius 3 is 0.836 bits per heavy atom. The highest BCUT2D eigenvalue weighted by atomic mass is 16.4. The standard InChI is InChI=1S/C57H110O10/c1-10-13-16-19-22-25-28-31-34-37-40-53(4,5)47(58)43-46(50(61)62)57(67,52(65)66)56(51(63)64,44-48(59)54(6,7)41-38-35-32-29-26-23-20-17-14-11-2)45-49(60)55(8,9)42-39-36-33-30-27-24-21-18-15-12-3/h46-49,58-60,67H,10-45H2,1-9H3,(H,61,62)(H,63,64)(H,65,66). The van der Waals surface area contributed by atoms with Crippen LogP contribution in [0.15, 0.2) is 0 Å². The summed E-state index contributed by atoms with van der Waals surface area (Å²) in [4.78, 5) is 41.1. The molecule has 0 bridgehead atoms. The van der Waals surface area contributed by atoms with Crippen LogP contribution in [0.3, 0.4) is 0 Å². The predicted octanol–water partition coefficient (Wildman–Crippen LogP) is 14.8. The number of aliphatic carboxylic acids is 3. The zero-order valence-corrected chi connectivity index (χ0v) is 45.1. The summed E-state index contributed by atoms with van der Waals surface area (Å²) in [5, 5.41) is 81.9. The molecule has 0 aromatic carbocycles. The molecule has 10 nitrogen and oxygen atoms in total.